The summed E-state index contributed by atoms with van der Waals surface area (Å²) in [5.74, 6) is 0.223. The molecule has 2 rings (SSSR count). The average molecular weight is 425 g/mol. The molecule has 0 radical (unpaired) electrons. The average Bonchev–Trinajstić information content (AvgIpc) is 2.62. The zero-order valence-electron chi connectivity index (χ0n) is 16.4. The second-order valence-electron chi connectivity index (χ2n) is 6.36. The molecule has 6 nitrogen and oxygen atoms in total. The monoisotopic (exact) mass is 424 g/mol. The zero-order chi connectivity index (χ0) is 20.9. The zero-order valence-corrected chi connectivity index (χ0v) is 18.0. The number of sulfonamides is 1. The van der Waals surface area contributed by atoms with Crippen molar-refractivity contribution >= 4 is 38.9 Å². The smallest absolute Gasteiger partial charge is 0.248 e. The van der Waals surface area contributed by atoms with Gasteiger partial charge in [-0.3, -0.25) is 9.10 Å². The van der Waals surface area contributed by atoms with Crippen molar-refractivity contribution in [2.24, 2.45) is 0 Å². The van der Waals surface area contributed by atoms with Gasteiger partial charge in [-0.2, -0.15) is 0 Å². The molecule has 2 aromatic carbocycles. The number of rotatable bonds is 8. The fraction of sp³-hybridized carbons (Fsp3) is 0.350. The van der Waals surface area contributed by atoms with E-state index >= 15 is 0 Å². The van der Waals surface area contributed by atoms with Gasteiger partial charge in [0.25, 0.3) is 0 Å². The van der Waals surface area contributed by atoms with Crippen molar-refractivity contribution < 1.29 is 17.9 Å². The van der Waals surface area contributed by atoms with Gasteiger partial charge in [-0.1, -0.05) is 18.5 Å². The molecule has 152 valence electrons. The fourth-order valence-electron chi connectivity index (χ4n) is 2.90. The number of anilines is 2. The molecule has 1 N–H and O–H groups in total. The van der Waals surface area contributed by atoms with Crippen LogP contribution >= 0.6 is 11.6 Å². The van der Waals surface area contributed by atoms with Crippen LogP contribution in [0, 0.1) is 6.92 Å². The Kier molecular flexibility index (Phi) is 7.32. The summed E-state index contributed by atoms with van der Waals surface area (Å²) in [5.41, 5.74) is 1.79. The molecule has 28 heavy (non-hydrogen) atoms. The summed E-state index contributed by atoms with van der Waals surface area (Å²) in [6.07, 6.45) is 1.39. The lowest BCUT2D eigenvalue weighted by Gasteiger charge is -2.30. The standard InChI is InChI=1S/C20H25ClN2O4S/c1-5-19(20(24)22-18-12-7-15(21)13-14(18)3)23(28(4,25)26)16-8-10-17(11-9-16)27-6-2/h7-13,19H,5-6H2,1-4H3,(H,22,24). The molecular weight excluding hydrogens is 400 g/mol. The Balaban J connectivity index is 2.35. The molecule has 1 unspecified atom stereocenters. The molecule has 1 atom stereocenters. The van der Waals surface area contributed by atoms with Crippen LogP contribution in [0.4, 0.5) is 11.4 Å². The predicted octanol–water partition coefficient (Wildman–Crippen LogP) is 4.23. The maximum absolute atomic E-state index is 12.9. The minimum absolute atomic E-state index is 0.304. The van der Waals surface area contributed by atoms with Gasteiger partial charge in [0.15, 0.2) is 0 Å². The number of hydrogen-bond acceptors (Lipinski definition) is 4. The van der Waals surface area contributed by atoms with Gasteiger partial charge in [-0.25, -0.2) is 8.42 Å². The molecule has 0 spiro atoms. The minimum atomic E-state index is -3.70. The second-order valence-corrected chi connectivity index (χ2v) is 8.65. The van der Waals surface area contributed by atoms with Crippen LogP contribution in [-0.4, -0.2) is 33.2 Å². The number of benzene rings is 2. The van der Waals surface area contributed by atoms with Crippen molar-refractivity contribution in [3.05, 3.63) is 53.1 Å². The first kappa shape index (κ1) is 22.0. The highest BCUT2D eigenvalue weighted by atomic mass is 35.5. The van der Waals surface area contributed by atoms with Crippen LogP contribution < -0.4 is 14.4 Å². The Morgan fingerprint density at radius 3 is 2.32 bits per heavy atom. The third kappa shape index (κ3) is 5.39. The molecule has 0 saturated carbocycles. The lowest BCUT2D eigenvalue weighted by Crippen LogP contribution is -2.47. The first-order valence-corrected chi connectivity index (χ1v) is 11.2. The summed E-state index contributed by atoms with van der Waals surface area (Å²) in [5, 5.41) is 3.38. The molecule has 8 heteroatoms. The summed E-state index contributed by atoms with van der Waals surface area (Å²) < 4.78 is 31.6. The van der Waals surface area contributed by atoms with E-state index in [9.17, 15) is 13.2 Å². The van der Waals surface area contributed by atoms with E-state index in [-0.39, 0.29) is 0 Å². The van der Waals surface area contributed by atoms with E-state index in [0.29, 0.717) is 35.2 Å². The van der Waals surface area contributed by atoms with E-state index in [0.717, 1.165) is 16.1 Å². The SMILES string of the molecule is CCOc1ccc(N(C(CC)C(=O)Nc2ccc(Cl)cc2C)S(C)(=O)=O)cc1. The third-order valence-corrected chi connectivity index (χ3v) is 5.59. The van der Waals surface area contributed by atoms with Gasteiger partial charge >= 0.3 is 0 Å². The third-order valence-electron chi connectivity index (χ3n) is 4.18. The minimum Gasteiger partial charge on any atom is -0.494 e. The second kappa shape index (κ2) is 9.30. The van der Waals surface area contributed by atoms with Gasteiger partial charge in [0, 0.05) is 10.7 Å². The molecule has 0 aliphatic heterocycles. The Hall–Kier alpha value is -2.25. The van der Waals surface area contributed by atoms with Crippen LogP contribution in [0.2, 0.25) is 5.02 Å². The number of nitrogens with one attached hydrogen (secondary N) is 1. The number of carbonyl (C=O) groups excluding carboxylic acids is 1. The topological polar surface area (TPSA) is 75.7 Å². The largest absolute Gasteiger partial charge is 0.494 e. The van der Waals surface area contributed by atoms with Gasteiger partial charge in [0.05, 0.1) is 18.6 Å². The summed E-state index contributed by atoms with van der Waals surface area (Å²) in [6.45, 7) is 5.97. The van der Waals surface area contributed by atoms with E-state index in [4.69, 9.17) is 16.3 Å². The normalized spacial score (nSPS) is 12.3. The van der Waals surface area contributed by atoms with Crippen molar-refractivity contribution in [2.45, 2.75) is 33.2 Å². The van der Waals surface area contributed by atoms with Crippen molar-refractivity contribution in [3.63, 3.8) is 0 Å². The quantitative estimate of drug-likeness (QED) is 0.688. The van der Waals surface area contributed by atoms with Gasteiger partial charge in [0.2, 0.25) is 15.9 Å². The van der Waals surface area contributed by atoms with E-state index in [2.05, 4.69) is 5.32 Å². The van der Waals surface area contributed by atoms with Crippen LogP contribution in [0.1, 0.15) is 25.8 Å². The molecule has 0 heterocycles. The maximum Gasteiger partial charge on any atom is 0.248 e. The molecule has 2 aromatic rings. The number of amides is 1. The van der Waals surface area contributed by atoms with E-state index < -0.39 is 22.0 Å². The molecule has 0 aliphatic rings. The Morgan fingerprint density at radius 1 is 1.18 bits per heavy atom. The summed E-state index contributed by atoms with van der Waals surface area (Å²) >= 11 is 5.96. The van der Waals surface area contributed by atoms with Gasteiger partial charge in [-0.05, 0) is 68.3 Å². The van der Waals surface area contributed by atoms with E-state index in [1.165, 1.54) is 0 Å². The number of ether oxygens (including phenoxy) is 1. The van der Waals surface area contributed by atoms with Crippen LogP contribution in [-0.2, 0) is 14.8 Å². The molecular formula is C20H25ClN2O4S. The highest BCUT2D eigenvalue weighted by molar-refractivity contribution is 7.92. The first-order valence-electron chi connectivity index (χ1n) is 8.96. The molecule has 0 bridgehead atoms. The lowest BCUT2D eigenvalue weighted by molar-refractivity contribution is -0.117. The van der Waals surface area contributed by atoms with Crippen molar-refractivity contribution in [1.82, 2.24) is 0 Å². The first-order chi connectivity index (χ1) is 13.2. The molecule has 0 saturated heterocycles. The summed E-state index contributed by atoms with van der Waals surface area (Å²) in [6, 6.07) is 10.8. The Morgan fingerprint density at radius 2 is 1.82 bits per heavy atom. The van der Waals surface area contributed by atoms with Gasteiger partial charge in [0.1, 0.15) is 11.8 Å². The number of aryl methyl sites for hydroxylation is 1. The highest BCUT2D eigenvalue weighted by Crippen LogP contribution is 2.26. The highest BCUT2D eigenvalue weighted by Gasteiger charge is 2.31. The van der Waals surface area contributed by atoms with Crippen molar-refractivity contribution in [3.8, 4) is 5.75 Å². The number of halogens is 1. The molecule has 0 fully saturated rings. The number of nitrogens with zero attached hydrogens (tertiary/aromatic N) is 1. The van der Waals surface area contributed by atoms with Crippen LogP contribution in [0.25, 0.3) is 0 Å². The van der Waals surface area contributed by atoms with Crippen molar-refractivity contribution in [2.75, 3.05) is 22.5 Å². The predicted molar refractivity (Wildman–Crippen MR) is 114 cm³/mol. The van der Waals surface area contributed by atoms with Gasteiger partial charge < -0.3 is 10.1 Å². The van der Waals surface area contributed by atoms with E-state index in [1.807, 2.05) is 13.8 Å². The molecule has 1 amide bonds. The Labute approximate surface area is 171 Å². The van der Waals surface area contributed by atoms with E-state index in [1.54, 1.807) is 49.4 Å². The van der Waals surface area contributed by atoms with Gasteiger partial charge in [-0.15, -0.1) is 0 Å². The lowest BCUT2D eigenvalue weighted by atomic mass is 10.1. The maximum atomic E-state index is 12.9. The summed E-state index contributed by atoms with van der Waals surface area (Å²) in [4.78, 5) is 12.9. The van der Waals surface area contributed by atoms with Crippen LogP contribution in [0.3, 0.4) is 0 Å². The van der Waals surface area contributed by atoms with Crippen LogP contribution in [0.15, 0.2) is 42.5 Å². The number of carbonyl (C=O) groups is 1. The Bertz CT molecular complexity index is 930. The van der Waals surface area contributed by atoms with Crippen molar-refractivity contribution in [1.29, 1.82) is 0 Å². The summed E-state index contributed by atoms with van der Waals surface area (Å²) in [7, 11) is -3.70. The molecule has 0 aromatic heterocycles. The molecule has 0 aliphatic carbocycles. The van der Waals surface area contributed by atoms with Crippen LogP contribution in [0.5, 0.6) is 5.75 Å². The number of hydrogen-bond donors (Lipinski definition) is 1. The fourth-order valence-corrected chi connectivity index (χ4v) is 4.34.